The van der Waals surface area contributed by atoms with Crippen molar-refractivity contribution in [2.24, 2.45) is 28.6 Å². The van der Waals surface area contributed by atoms with Crippen LogP contribution in [0.1, 0.15) is 79.6 Å². The number of allylic oxidation sites excluding steroid dienone is 3. The molecule has 0 aromatic heterocycles. The Labute approximate surface area is 143 Å². The van der Waals surface area contributed by atoms with Gasteiger partial charge in [-0.25, -0.2) is 0 Å². The highest BCUT2D eigenvalue weighted by Crippen LogP contribution is 2.64. The Morgan fingerprint density at radius 2 is 1.65 bits per heavy atom. The molecule has 0 saturated heterocycles. The van der Waals surface area contributed by atoms with E-state index >= 15 is 0 Å². The van der Waals surface area contributed by atoms with Crippen LogP contribution < -0.4 is 0 Å². The lowest BCUT2D eigenvalue weighted by atomic mass is 9.47. The van der Waals surface area contributed by atoms with Gasteiger partial charge in [0.15, 0.2) is 0 Å². The molecule has 1 N–H and O–H groups in total. The second-order valence-electron chi connectivity index (χ2n) is 8.73. The van der Waals surface area contributed by atoms with E-state index in [0.717, 1.165) is 30.6 Å². The average molecular weight is 317 g/mol. The minimum Gasteiger partial charge on any atom is -0.393 e. The molecule has 0 aromatic carbocycles. The van der Waals surface area contributed by atoms with Gasteiger partial charge in [0.25, 0.3) is 0 Å². The number of hydrogen-bond donors (Lipinski definition) is 1. The predicted molar refractivity (Wildman–Crippen MR) is 98.2 cm³/mol. The molecule has 0 heterocycles. The van der Waals surface area contributed by atoms with Crippen molar-refractivity contribution in [3.63, 3.8) is 0 Å². The summed E-state index contributed by atoms with van der Waals surface area (Å²) in [5, 5.41) is 10.0. The van der Waals surface area contributed by atoms with E-state index in [9.17, 15) is 5.11 Å². The van der Waals surface area contributed by atoms with E-state index in [1.807, 2.05) is 13.8 Å². The van der Waals surface area contributed by atoms with Gasteiger partial charge in [-0.2, -0.15) is 0 Å². The van der Waals surface area contributed by atoms with Crippen LogP contribution in [0.5, 0.6) is 0 Å². The van der Waals surface area contributed by atoms with Crippen molar-refractivity contribution in [3.8, 4) is 0 Å². The Balaban J connectivity index is 0.000000753. The Morgan fingerprint density at radius 3 is 2.39 bits per heavy atom. The molecule has 6 unspecified atom stereocenters. The van der Waals surface area contributed by atoms with Crippen LogP contribution in [0.2, 0.25) is 0 Å². The lowest BCUT2D eigenvalue weighted by Gasteiger charge is -2.57. The maximum atomic E-state index is 10.0. The summed E-state index contributed by atoms with van der Waals surface area (Å²) in [5.41, 5.74) is 4.12. The standard InChI is InChI=1S/C20H30O.C2H6/c1-13-4-7-17-16-6-5-14-12-15(21)8-10-20(14,3)18(16)9-11-19(13,17)2;1-2/h4-5,15-18,21H,6-12H2,1-3H3;1-2H3. The van der Waals surface area contributed by atoms with Crippen LogP contribution in [-0.4, -0.2) is 11.2 Å². The van der Waals surface area contributed by atoms with E-state index in [2.05, 4.69) is 32.9 Å². The fraction of sp³-hybridized carbons (Fsp3) is 0.818. The Bertz CT molecular complexity index is 516. The van der Waals surface area contributed by atoms with Crippen molar-refractivity contribution in [3.05, 3.63) is 23.3 Å². The lowest BCUT2D eigenvalue weighted by molar-refractivity contribution is -0.0293. The molecule has 1 nitrogen and oxygen atoms in total. The summed E-state index contributed by atoms with van der Waals surface area (Å²) in [6.07, 6.45) is 13.5. The highest BCUT2D eigenvalue weighted by molar-refractivity contribution is 5.29. The average Bonchev–Trinajstić information content (AvgIpc) is 2.86. The molecular weight excluding hydrogens is 280 g/mol. The second-order valence-corrected chi connectivity index (χ2v) is 8.73. The van der Waals surface area contributed by atoms with Crippen LogP contribution in [0.3, 0.4) is 0 Å². The summed E-state index contributed by atoms with van der Waals surface area (Å²) in [6.45, 7) is 11.4. The van der Waals surface area contributed by atoms with Crippen LogP contribution in [0.25, 0.3) is 0 Å². The van der Waals surface area contributed by atoms with Crippen LogP contribution in [0, 0.1) is 28.6 Å². The molecule has 4 rings (SSSR count). The van der Waals surface area contributed by atoms with Gasteiger partial charge < -0.3 is 5.11 Å². The lowest BCUT2D eigenvalue weighted by Crippen LogP contribution is -2.49. The zero-order valence-electron chi connectivity index (χ0n) is 15.9. The smallest absolute Gasteiger partial charge is 0.0577 e. The Hall–Kier alpha value is -0.560. The van der Waals surface area contributed by atoms with Crippen LogP contribution in [-0.2, 0) is 0 Å². The van der Waals surface area contributed by atoms with Crippen molar-refractivity contribution in [1.29, 1.82) is 0 Å². The molecule has 4 aliphatic carbocycles. The molecule has 0 aromatic rings. The van der Waals surface area contributed by atoms with Crippen molar-refractivity contribution in [2.75, 3.05) is 0 Å². The minimum atomic E-state index is -0.0786. The monoisotopic (exact) mass is 316 g/mol. The van der Waals surface area contributed by atoms with Gasteiger partial charge in [-0.15, -0.1) is 0 Å². The summed E-state index contributed by atoms with van der Waals surface area (Å²) in [5.74, 6) is 2.61. The number of fused-ring (bicyclic) bond motifs is 5. The predicted octanol–water partition coefficient (Wildman–Crippen LogP) is 5.89. The third-order valence-electron chi connectivity index (χ3n) is 8.05. The molecule has 6 atom stereocenters. The Kier molecular flexibility index (Phi) is 4.55. The molecule has 4 aliphatic rings. The van der Waals surface area contributed by atoms with Crippen molar-refractivity contribution in [1.82, 2.24) is 0 Å². The maximum absolute atomic E-state index is 10.0. The molecule has 0 bridgehead atoms. The summed E-state index contributed by atoms with van der Waals surface area (Å²) in [6, 6.07) is 0. The molecule has 1 heteroatoms. The fourth-order valence-electron chi connectivity index (χ4n) is 6.42. The van der Waals surface area contributed by atoms with E-state index in [0.29, 0.717) is 10.8 Å². The van der Waals surface area contributed by atoms with Gasteiger partial charge in [0.2, 0.25) is 0 Å². The third kappa shape index (κ3) is 2.46. The van der Waals surface area contributed by atoms with Crippen LogP contribution in [0.15, 0.2) is 23.3 Å². The number of aliphatic hydroxyl groups excluding tert-OH is 1. The number of rotatable bonds is 0. The van der Waals surface area contributed by atoms with Gasteiger partial charge in [0.05, 0.1) is 6.10 Å². The molecule has 0 spiro atoms. The van der Waals surface area contributed by atoms with Crippen molar-refractivity contribution in [2.45, 2.75) is 85.7 Å². The summed E-state index contributed by atoms with van der Waals surface area (Å²) < 4.78 is 0. The molecule has 2 fully saturated rings. The Morgan fingerprint density at radius 1 is 0.957 bits per heavy atom. The molecule has 0 aliphatic heterocycles. The highest BCUT2D eigenvalue weighted by Gasteiger charge is 2.55. The van der Waals surface area contributed by atoms with E-state index in [4.69, 9.17) is 0 Å². The van der Waals surface area contributed by atoms with Gasteiger partial charge >= 0.3 is 0 Å². The summed E-state index contributed by atoms with van der Waals surface area (Å²) in [4.78, 5) is 0. The topological polar surface area (TPSA) is 20.2 Å². The molecule has 0 radical (unpaired) electrons. The second kappa shape index (κ2) is 6.06. The fourth-order valence-corrected chi connectivity index (χ4v) is 6.42. The van der Waals surface area contributed by atoms with Crippen LogP contribution >= 0.6 is 0 Å². The van der Waals surface area contributed by atoms with E-state index in [-0.39, 0.29) is 6.10 Å². The highest BCUT2D eigenvalue weighted by atomic mass is 16.3. The first-order valence-corrected chi connectivity index (χ1v) is 10.00. The minimum absolute atomic E-state index is 0.0786. The van der Waals surface area contributed by atoms with Gasteiger partial charge in [-0.1, -0.05) is 51.0 Å². The first-order valence-electron chi connectivity index (χ1n) is 10.00. The SMILES string of the molecule is CC.CC1=CCC2C3CC=C4CC(O)CCC4(C)C3CCC12C. The molecule has 23 heavy (non-hydrogen) atoms. The first kappa shape index (κ1) is 17.3. The summed E-state index contributed by atoms with van der Waals surface area (Å²) in [7, 11) is 0. The van der Waals surface area contributed by atoms with E-state index in [1.54, 1.807) is 11.1 Å². The molecule has 0 amide bonds. The zero-order valence-corrected chi connectivity index (χ0v) is 15.9. The van der Waals surface area contributed by atoms with Gasteiger partial charge in [0, 0.05) is 0 Å². The number of hydrogen-bond acceptors (Lipinski definition) is 1. The molecule has 130 valence electrons. The van der Waals surface area contributed by atoms with Gasteiger partial charge in [0.1, 0.15) is 0 Å². The maximum Gasteiger partial charge on any atom is 0.0577 e. The van der Waals surface area contributed by atoms with Gasteiger partial charge in [-0.3, -0.25) is 0 Å². The normalized spacial score (nSPS) is 48.1. The molecule has 2 saturated carbocycles. The third-order valence-corrected chi connectivity index (χ3v) is 8.05. The molecular formula is C22H36O. The number of aliphatic hydroxyl groups is 1. The van der Waals surface area contributed by atoms with E-state index in [1.165, 1.54) is 32.1 Å². The van der Waals surface area contributed by atoms with E-state index < -0.39 is 0 Å². The largest absolute Gasteiger partial charge is 0.393 e. The summed E-state index contributed by atoms with van der Waals surface area (Å²) >= 11 is 0. The van der Waals surface area contributed by atoms with Crippen molar-refractivity contribution < 1.29 is 5.11 Å². The quantitative estimate of drug-likeness (QED) is 0.552. The van der Waals surface area contributed by atoms with Crippen LogP contribution in [0.4, 0.5) is 0 Å². The van der Waals surface area contributed by atoms with Crippen molar-refractivity contribution >= 4 is 0 Å². The first-order chi connectivity index (χ1) is 10.9. The van der Waals surface area contributed by atoms with Gasteiger partial charge in [-0.05, 0) is 80.5 Å². The zero-order chi connectivity index (χ0) is 16.8.